The molecule has 0 saturated carbocycles. The van der Waals surface area contributed by atoms with Gasteiger partial charge in [0.1, 0.15) is 0 Å². The van der Waals surface area contributed by atoms with Crippen LogP contribution in [0.15, 0.2) is 18.2 Å². The van der Waals surface area contributed by atoms with E-state index < -0.39 is 11.7 Å². The Labute approximate surface area is 113 Å². The molecule has 1 fully saturated rings. The first-order valence-corrected chi connectivity index (χ1v) is 7.14. The van der Waals surface area contributed by atoms with Crippen LogP contribution >= 0.6 is 11.8 Å². The van der Waals surface area contributed by atoms with Crippen molar-refractivity contribution in [3.63, 3.8) is 0 Å². The summed E-state index contributed by atoms with van der Waals surface area (Å²) in [7, 11) is 0. The summed E-state index contributed by atoms with van der Waals surface area (Å²) < 4.78 is 37.9. The third kappa shape index (κ3) is 3.23. The van der Waals surface area contributed by atoms with Crippen molar-refractivity contribution >= 4 is 23.2 Å². The van der Waals surface area contributed by atoms with E-state index in [2.05, 4.69) is 0 Å². The second-order valence-electron chi connectivity index (χ2n) is 4.55. The molecule has 0 bridgehead atoms. The van der Waals surface area contributed by atoms with Crippen molar-refractivity contribution in [3.05, 3.63) is 29.3 Å². The highest BCUT2D eigenvalue weighted by atomic mass is 32.2. The molecule has 6 heteroatoms. The van der Waals surface area contributed by atoms with Gasteiger partial charge < -0.3 is 5.73 Å². The van der Waals surface area contributed by atoms with E-state index in [1.54, 1.807) is 11.8 Å². The largest absolute Gasteiger partial charge is 0.416 e. The summed E-state index contributed by atoms with van der Waals surface area (Å²) in [4.78, 5) is 12.2. The number of benzene rings is 1. The Kier molecular flexibility index (Phi) is 4.08. The van der Waals surface area contributed by atoms with Crippen LogP contribution in [-0.4, -0.2) is 17.3 Å². The Morgan fingerprint density at radius 2 is 1.89 bits per heavy atom. The topological polar surface area (TPSA) is 43.1 Å². The van der Waals surface area contributed by atoms with Gasteiger partial charge in [0.25, 0.3) is 0 Å². The second-order valence-corrected chi connectivity index (χ2v) is 5.78. The number of halogens is 3. The number of anilines is 1. The van der Waals surface area contributed by atoms with Crippen LogP contribution in [0.1, 0.15) is 28.8 Å². The summed E-state index contributed by atoms with van der Waals surface area (Å²) in [5, 5.41) is 0. The van der Waals surface area contributed by atoms with Gasteiger partial charge in [0.2, 0.25) is 0 Å². The van der Waals surface area contributed by atoms with Crippen molar-refractivity contribution in [2.24, 2.45) is 5.92 Å². The molecular formula is C13H14F3NOS. The number of Topliss-reactive ketones (excluding diaryl/α,β-unsaturated/α-hetero) is 1. The fraction of sp³-hybridized carbons (Fsp3) is 0.462. The lowest BCUT2D eigenvalue weighted by atomic mass is 9.91. The van der Waals surface area contributed by atoms with E-state index in [9.17, 15) is 18.0 Å². The van der Waals surface area contributed by atoms with Crippen LogP contribution in [0, 0.1) is 5.92 Å². The van der Waals surface area contributed by atoms with E-state index >= 15 is 0 Å². The quantitative estimate of drug-likeness (QED) is 0.668. The number of alkyl halides is 3. The average molecular weight is 289 g/mol. The minimum Gasteiger partial charge on any atom is -0.398 e. The van der Waals surface area contributed by atoms with Gasteiger partial charge in [-0.05, 0) is 42.5 Å². The molecule has 1 aromatic carbocycles. The number of ketones is 1. The zero-order valence-corrected chi connectivity index (χ0v) is 11.0. The lowest BCUT2D eigenvalue weighted by molar-refractivity contribution is -0.137. The number of carbonyl (C=O) groups is 1. The van der Waals surface area contributed by atoms with Gasteiger partial charge in [-0.15, -0.1) is 0 Å². The van der Waals surface area contributed by atoms with Gasteiger partial charge in [-0.3, -0.25) is 4.79 Å². The Morgan fingerprint density at radius 3 is 2.47 bits per heavy atom. The molecule has 0 unspecified atom stereocenters. The van der Waals surface area contributed by atoms with Crippen LogP contribution in [0.5, 0.6) is 0 Å². The van der Waals surface area contributed by atoms with Gasteiger partial charge in [0.15, 0.2) is 5.78 Å². The summed E-state index contributed by atoms with van der Waals surface area (Å²) in [6, 6.07) is 2.94. The summed E-state index contributed by atoms with van der Waals surface area (Å²) in [5.74, 6) is 1.28. The van der Waals surface area contributed by atoms with Crippen LogP contribution in [0.25, 0.3) is 0 Å². The van der Waals surface area contributed by atoms with Crippen molar-refractivity contribution in [1.29, 1.82) is 0 Å². The molecule has 0 aromatic heterocycles. The van der Waals surface area contributed by atoms with E-state index in [1.165, 1.54) is 0 Å². The van der Waals surface area contributed by atoms with Gasteiger partial charge in [-0.1, -0.05) is 0 Å². The average Bonchev–Trinajstić information content (AvgIpc) is 2.38. The van der Waals surface area contributed by atoms with E-state index in [0.29, 0.717) is 12.8 Å². The fourth-order valence-corrected chi connectivity index (χ4v) is 3.23. The van der Waals surface area contributed by atoms with Crippen LogP contribution in [0.3, 0.4) is 0 Å². The fourth-order valence-electron chi connectivity index (χ4n) is 2.13. The van der Waals surface area contributed by atoms with Crippen molar-refractivity contribution in [2.45, 2.75) is 19.0 Å². The molecule has 0 atom stereocenters. The van der Waals surface area contributed by atoms with Crippen LogP contribution in [-0.2, 0) is 6.18 Å². The van der Waals surface area contributed by atoms with Crippen molar-refractivity contribution < 1.29 is 18.0 Å². The van der Waals surface area contributed by atoms with Crippen molar-refractivity contribution in [3.8, 4) is 0 Å². The van der Waals surface area contributed by atoms with Gasteiger partial charge in [0.05, 0.1) is 5.56 Å². The van der Waals surface area contributed by atoms with Crippen LogP contribution in [0.2, 0.25) is 0 Å². The number of rotatable bonds is 2. The van der Waals surface area contributed by atoms with Gasteiger partial charge >= 0.3 is 6.18 Å². The summed E-state index contributed by atoms with van der Waals surface area (Å²) in [6.07, 6.45) is -3.04. The standard InChI is InChI=1S/C13H14F3NOS/c14-13(15,16)9-1-2-11(17)10(7-9)12(18)8-3-5-19-6-4-8/h1-2,7-8H,3-6,17H2. The predicted octanol–water partition coefficient (Wildman–Crippen LogP) is 3.61. The molecule has 104 valence electrons. The predicted molar refractivity (Wildman–Crippen MR) is 70.2 cm³/mol. The molecule has 1 saturated heterocycles. The zero-order valence-electron chi connectivity index (χ0n) is 10.2. The molecule has 0 radical (unpaired) electrons. The molecule has 19 heavy (non-hydrogen) atoms. The highest BCUT2D eigenvalue weighted by Crippen LogP contribution is 2.33. The minimum atomic E-state index is -4.45. The molecular weight excluding hydrogens is 275 g/mol. The molecule has 2 rings (SSSR count). The number of nitrogen functional groups attached to an aromatic ring is 1. The summed E-state index contributed by atoms with van der Waals surface area (Å²) in [6.45, 7) is 0. The van der Waals surface area contributed by atoms with Gasteiger partial charge in [0, 0.05) is 17.2 Å². The first-order chi connectivity index (χ1) is 8.89. The number of nitrogens with two attached hydrogens (primary N) is 1. The first-order valence-electron chi connectivity index (χ1n) is 5.98. The molecule has 0 spiro atoms. The van der Waals surface area contributed by atoms with Crippen LogP contribution in [0.4, 0.5) is 18.9 Å². The highest BCUT2D eigenvalue weighted by molar-refractivity contribution is 7.99. The lowest BCUT2D eigenvalue weighted by Crippen LogP contribution is -2.21. The third-order valence-corrected chi connectivity index (χ3v) is 4.29. The van der Waals surface area contributed by atoms with E-state index in [0.717, 1.165) is 29.7 Å². The lowest BCUT2D eigenvalue weighted by Gasteiger charge is -2.21. The Morgan fingerprint density at radius 1 is 1.26 bits per heavy atom. The number of hydrogen-bond acceptors (Lipinski definition) is 3. The van der Waals surface area contributed by atoms with Crippen molar-refractivity contribution in [2.75, 3.05) is 17.2 Å². The maximum atomic E-state index is 12.6. The van der Waals surface area contributed by atoms with E-state index in [-0.39, 0.29) is 23.0 Å². The Hall–Kier alpha value is -1.17. The molecule has 0 amide bonds. The molecule has 1 heterocycles. The monoisotopic (exact) mass is 289 g/mol. The van der Waals surface area contributed by atoms with E-state index in [1.807, 2.05) is 0 Å². The molecule has 2 N–H and O–H groups in total. The maximum absolute atomic E-state index is 12.6. The maximum Gasteiger partial charge on any atom is 0.416 e. The smallest absolute Gasteiger partial charge is 0.398 e. The van der Waals surface area contributed by atoms with Crippen molar-refractivity contribution in [1.82, 2.24) is 0 Å². The SMILES string of the molecule is Nc1ccc(C(F)(F)F)cc1C(=O)C1CCSCC1. The number of carbonyl (C=O) groups excluding carboxylic acids is 1. The summed E-state index contributed by atoms with van der Waals surface area (Å²) >= 11 is 1.76. The van der Waals surface area contributed by atoms with Gasteiger partial charge in [-0.25, -0.2) is 0 Å². The van der Waals surface area contributed by atoms with Gasteiger partial charge in [-0.2, -0.15) is 24.9 Å². The Balaban J connectivity index is 2.30. The number of thioether (sulfide) groups is 1. The molecule has 1 aliphatic heterocycles. The molecule has 0 aliphatic carbocycles. The zero-order chi connectivity index (χ0) is 14.0. The highest BCUT2D eigenvalue weighted by Gasteiger charge is 2.32. The minimum absolute atomic E-state index is 0.00623. The number of hydrogen-bond donors (Lipinski definition) is 1. The van der Waals surface area contributed by atoms with Crippen LogP contribution < -0.4 is 5.73 Å². The summed E-state index contributed by atoms with van der Waals surface area (Å²) in [5.41, 5.74) is 4.95. The molecule has 1 aromatic rings. The third-order valence-electron chi connectivity index (χ3n) is 3.24. The Bertz CT molecular complexity index is 481. The normalized spacial score (nSPS) is 17.4. The second kappa shape index (κ2) is 5.45. The molecule has 2 nitrogen and oxygen atoms in total. The first kappa shape index (κ1) is 14.2. The molecule has 1 aliphatic rings. The van der Waals surface area contributed by atoms with E-state index in [4.69, 9.17) is 5.73 Å².